The van der Waals surface area contributed by atoms with Crippen molar-refractivity contribution in [3.63, 3.8) is 0 Å². The van der Waals surface area contributed by atoms with Gasteiger partial charge in [0.15, 0.2) is 0 Å². The molecule has 2 fully saturated rings. The maximum absolute atomic E-state index is 12.1. The second kappa shape index (κ2) is 4.70. The van der Waals surface area contributed by atoms with E-state index in [0.29, 0.717) is 11.8 Å². The van der Waals surface area contributed by atoms with Crippen LogP contribution in [0.3, 0.4) is 0 Å². The molecule has 104 valence electrons. The monoisotopic (exact) mass is 255 g/mol. The van der Waals surface area contributed by atoms with Crippen LogP contribution in [0.25, 0.3) is 0 Å². The van der Waals surface area contributed by atoms with Crippen LogP contribution < -0.4 is 5.73 Å². The topological polar surface area (TPSA) is 58.8 Å². The van der Waals surface area contributed by atoms with Crippen LogP contribution in [0.5, 0.6) is 0 Å². The third-order valence-corrected chi connectivity index (χ3v) is 3.74. The van der Waals surface area contributed by atoms with E-state index >= 15 is 0 Å². The number of rotatable bonds is 0. The predicted molar refractivity (Wildman–Crippen MR) is 70.3 cm³/mol. The van der Waals surface area contributed by atoms with Gasteiger partial charge in [-0.25, -0.2) is 4.79 Å². The fraction of sp³-hybridized carbons (Fsp3) is 0.923. The summed E-state index contributed by atoms with van der Waals surface area (Å²) in [6.07, 6.45) is -0.200. The van der Waals surface area contributed by atoms with Gasteiger partial charge in [0.25, 0.3) is 0 Å². The molecule has 2 saturated heterocycles. The lowest BCUT2D eigenvalue weighted by Gasteiger charge is -2.48. The minimum Gasteiger partial charge on any atom is -0.444 e. The quantitative estimate of drug-likeness (QED) is 0.693. The Hall–Kier alpha value is -0.810. The van der Waals surface area contributed by atoms with Crippen LogP contribution in [0.1, 0.15) is 20.8 Å². The highest BCUT2D eigenvalue weighted by Gasteiger charge is 2.41. The van der Waals surface area contributed by atoms with Crippen molar-refractivity contribution in [1.82, 2.24) is 9.80 Å². The lowest BCUT2D eigenvalue weighted by molar-refractivity contribution is -0.0131. The van der Waals surface area contributed by atoms with E-state index < -0.39 is 5.60 Å². The van der Waals surface area contributed by atoms with Gasteiger partial charge in [-0.2, -0.15) is 0 Å². The number of nitrogens with zero attached hydrogens (tertiary/aromatic N) is 2. The van der Waals surface area contributed by atoms with Crippen LogP contribution in [-0.4, -0.2) is 60.8 Å². The zero-order valence-electron chi connectivity index (χ0n) is 11.8. The molecule has 0 saturated carbocycles. The molecule has 0 aromatic carbocycles. The number of likely N-dealkylation sites (tertiary alicyclic amines) is 2. The molecule has 5 heteroatoms. The zero-order valence-corrected chi connectivity index (χ0v) is 11.8. The first-order valence-electron chi connectivity index (χ1n) is 6.68. The molecule has 2 aliphatic heterocycles. The Bertz CT molecular complexity index is 311. The van der Waals surface area contributed by atoms with E-state index in [1.54, 1.807) is 0 Å². The van der Waals surface area contributed by atoms with Crippen molar-refractivity contribution in [2.45, 2.75) is 32.4 Å². The number of carbonyl (C=O) groups is 1. The maximum Gasteiger partial charge on any atom is 0.410 e. The molecule has 0 spiro atoms. The molecule has 2 rings (SSSR count). The van der Waals surface area contributed by atoms with E-state index in [2.05, 4.69) is 11.9 Å². The lowest BCUT2D eigenvalue weighted by Crippen LogP contribution is -2.63. The van der Waals surface area contributed by atoms with Crippen LogP contribution in [-0.2, 0) is 4.74 Å². The standard InChI is InChI=1S/C13H25N3O2/c1-13(2,3)18-12(17)16-7-9-5-15(4)6-10(8-16)11(9)14/h9-11H,5-8,14H2,1-4H3. The van der Waals surface area contributed by atoms with Crippen molar-refractivity contribution in [3.8, 4) is 0 Å². The van der Waals surface area contributed by atoms with Crippen LogP contribution in [0.4, 0.5) is 4.79 Å². The van der Waals surface area contributed by atoms with E-state index in [9.17, 15) is 4.79 Å². The number of carbonyl (C=O) groups excluding carboxylic acids is 1. The molecular weight excluding hydrogens is 230 g/mol. The largest absolute Gasteiger partial charge is 0.444 e. The number of amides is 1. The Balaban J connectivity index is 2.00. The summed E-state index contributed by atoms with van der Waals surface area (Å²) in [7, 11) is 2.12. The van der Waals surface area contributed by atoms with Crippen LogP contribution in [0, 0.1) is 11.8 Å². The van der Waals surface area contributed by atoms with Gasteiger partial charge in [-0.1, -0.05) is 0 Å². The van der Waals surface area contributed by atoms with Gasteiger partial charge in [0.05, 0.1) is 0 Å². The minimum absolute atomic E-state index is 0.200. The van der Waals surface area contributed by atoms with Gasteiger partial charge in [0.2, 0.25) is 0 Å². The number of nitrogens with two attached hydrogens (primary N) is 1. The first kappa shape index (κ1) is 13.6. The van der Waals surface area contributed by atoms with Gasteiger partial charge in [0, 0.05) is 44.1 Å². The van der Waals surface area contributed by atoms with Crippen molar-refractivity contribution in [3.05, 3.63) is 0 Å². The maximum atomic E-state index is 12.1. The second-order valence-corrected chi connectivity index (χ2v) is 6.70. The summed E-state index contributed by atoms with van der Waals surface area (Å²) in [4.78, 5) is 16.2. The van der Waals surface area contributed by atoms with E-state index in [1.165, 1.54) is 0 Å². The van der Waals surface area contributed by atoms with E-state index in [1.807, 2.05) is 25.7 Å². The summed E-state index contributed by atoms with van der Waals surface area (Å²) in [5.41, 5.74) is 5.80. The molecule has 2 unspecified atom stereocenters. The summed E-state index contributed by atoms with van der Waals surface area (Å²) in [5, 5.41) is 0. The van der Waals surface area contributed by atoms with Crippen LogP contribution >= 0.6 is 0 Å². The predicted octanol–water partition coefficient (Wildman–Crippen LogP) is 0.742. The Morgan fingerprint density at radius 3 is 2.11 bits per heavy atom. The number of ether oxygens (including phenoxy) is 1. The van der Waals surface area contributed by atoms with Gasteiger partial charge in [-0.05, 0) is 27.8 Å². The molecule has 2 atom stereocenters. The van der Waals surface area contributed by atoms with Crippen LogP contribution in [0.15, 0.2) is 0 Å². The minimum atomic E-state index is -0.428. The Morgan fingerprint density at radius 2 is 1.67 bits per heavy atom. The highest BCUT2D eigenvalue weighted by atomic mass is 16.6. The number of piperidine rings is 2. The molecule has 2 aliphatic rings. The third kappa shape index (κ3) is 2.95. The first-order valence-corrected chi connectivity index (χ1v) is 6.68. The molecule has 18 heavy (non-hydrogen) atoms. The molecule has 0 aromatic rings. The highest BCUT2D eigenvalue weighted by molar-refractivity contribution is 5.68. The van der Waals surface area contributed by atoms with E-state index in [-0.39, 0.29) is 12.1 Å². The van der Waals surface area contributed by atoms with Crippen molar-refractivity contribution in [1.29, 1.82) is 0 Å². The van der Waals surface area contributed by atoms with Gasteiger partial charge in [-0.3, -0.25) is 0 Å². The Kier molecular flexibility index (Phi) is 3.56. The van der Waals surface area contributed by atoms with Crippen molar-refractivity contribution in [2.75, 3.05) is 33.2 Å². The summed E-state index contributed by atoms with van der Waals surface area (Å²) >= 11 is 0. The molecule has 2 bridgehead atoms. The third-order valence-electron chi connectivity index (χ3n) is 3.74. The smallest absolute Gasteiger partial charge is 0.410 e. The van der Waals surface area contributed by atoms with Crippen molar-refractivity contribution in [2.24, 2.45) is 17.6 Å². The lowest BCUT2D eigenvalue weighted by atomic mass is 9.80. The van der Waals surface area contributed by atoms with Gasteiger partial charge >= 0.3 is 6.09 Å². The van der Waals surface area contributed by atoms with Gasteiger partial charge in [0.1, 0.15) is 5.60 Å². The molecule has 2 heterocycles. The molecule has 1 amide bonds. The summed E-state index contributed by atoms with van der Waals surface area (Å²) < 4.78 is 5.44. The first-order chi connectivity index (χ1) is 8.26. The van der Waals surface area contributed by atoms with Crippen molar-refractivity contribution < 1.29 is 9.53 Å². The molecule has 0 aliphatic carbocycles. The van der Waals surface area contributed by atoms with E-state index in [0.717, 1.165) is 26.2 Å². The van der Waals surface area contributed by atoms with Crippen molar-refractivity contribution >= 4 is 6.09 Å². The summed E-state index contributed by atoms with van der Waals surface area (Å²) in [6, 6.07) is 0.222. The summed E-state index contributed by atoms with van der Waals surface area (Å²) in [6.45, 7) is 9.07. The highest BCUT2D eigenvalue weighted by Crippen LogP contribution is 2.28. The van der Waals surface area contributed by atoms with Crippen LogP contribution in [0.2, 0.25) is 0 Å². The summed E-state index contributed by atoms with van der Waals surface area (Å²) in [5.74, 6) is 0.741. The molecule has 5 nitrogen and oxygen atoms in total. The van der Waals surface area contributed by atoms with E-state index in [4.69, 9.17) is 10.5 Å². The number of fused-ring (bicyclic) bond motifs is 2. The SMILES string of the molecule is CN1CC2CN(C(=O)OC(C)(C)C)CC(C1)C2N. The van der Waals surface area contributed by atoms with Gasteiger partial charge < -0.3 is 20.3 Å². The fourth-order valence-electron chi connectivity index (χ4n) is 2.98. The number of hydrogen-bond acceptors (Lipinski definition) is 4. The molecule has 2 N–H and O–H groups in total. The molecule has 0 aromatic heterocycles. The number of hydrogen-bond donors (Lipinski definition) is 1. The zero-order chi connectivity index (χ0) is 13.5. The second-order valence-electron chi connectivity index (χ2n) is 6.70. The molecule has 0 radical (unpaired) electrons. The van der Waals surface area contributed by atoms with Gasteiger partial charge in [-0.15, -0.1) is 0 Å². The average Bonchev–Trinajstić information content (AvgIpc) is 2.17. The fourth-order valence-corrected chi connectivity index (χ4v) is 2.98. The Morgan fingerprint density at radius 1 is 1.17 bits per heavy atom. The normalized spacial score (nSPS) is 33.4. The average molecular weight is 255 g/mol. The molecular formula is C13H25N3O2. The Labute approximate surface area is 109 Å².